The van der Waals surface area contributed by atoms with Gasteiger partial charge in [0.25, 0.3) is 0 Å². The lowest BCUT2D eigenvalue weighted by molar-refractivity contribution is -0.146. The maximum absolute atomic E-state index is 11.8. The highest BCUT2D eigenvalue weighted by Gasteiger charge is 2.08. The molecule has 0 heterocycles. The number of nitrogens with one attached hydrogen (secondary N) is 1. The summed E-state index contributed by atoms with van der Waals surface area (Å²) < 4.78 is 5.16. The monoisotopic (exact) mass is 427 g/mol. The van der Waals surface area contributed by atoms with Crippen LogP contribution in [0.1, 0.15) is 71.1 Å². The Morgan fingerprint density at radius 1 is 0.935 bits per heavy atom. The summed E-state index contributed by atoms with van der Waals surface area (Å²) in [6, 6.07) is 9.66. The Kier molecular flexibility index (Phi) is 16.9. The quantitative estimate of drug-likeness (QED) is 0.158. The molecule has 1 rings (SSSR count). The van der Waals surface area contributed by atoms with Crippen molar-refractivity contribution in [3.8, 4) is 0 Å². The van der Waals surface area contributed by atoms with Gasteiger partial charge in [-0.3, -0.25) is 4.79 Å². The summed E-state index contributed by atoms with van der Waals surface area (Å²) in [6.07, 6.45) is 22.8. The van der Waals surface area contributed by atoms with E-state index in [4.69, 9.17) is 4.74 Å². The number of aliphatic hydroxyl groups is 1. The van der Waals surface area contributed by atoms with Crippen molar-refractivity contribution >= 4 is 11.7 Å². The van der Waals surface area contributed by atoms with E-state index in [2.05, 4.69) is 48.7 Å². The fraction of sp³-hybridized carbons (Fsp3) is 0.519. The number of carbonyl (C=O) groups is 1. The summed E-state index contributed by atoms with van der Waals surface area (Å²) in [5, 5.41) is 13.0. The van der Waals surface area contributed by atoms with Crippen molar-refractivity contribution in [1.29, 1.82) is 0 Å². The molecule has 0 aliphatic carbocycles. The second kappa shape index (κ2) is 19.6. The standard InChI is InChI=1S/C27H41NO3/c1-2-3-4-5-6-7-8-9-10-11-12-13-14-15-19-22-27(30)31-24-26(29)23-28-25-20-17-16-18-21-25/h3-4,6-7,9-10,16-18,20-21,26,28-29H,2,5,8,11-15,19,22-24H2,1H3/b4-3-,7-6-,10-9-. The van der Waals surface area contributed by atoms with Crippen LogP contribution in [0.3, 0.4) is 0 Å². The first-order valence-corrected chi connectivity index (χ1v) is 11.8. The lowest BCUT2D eigenvalue weighted by Crippen LogP contribution is -2.26. The largest absolute Gasteiger partial charge is 0.463 e. The molecule has 1 aromatic rings. The number of unbranched alkanes of at least 4 members (excludes halogenated alkanes) is 5. The Morgan fingerprint density at radius 2 is 1.58 bits per heavy atom. The highest BCUT2D eigenvalue weighted by molar-refractivity contribution is 5.69. The third kappa shape index (κ3) is 17.1. The average Bonchev–Trinajstić information content (AvgIpc) is 2.79. The Bertz CT molecular complexity index is 637. The molecule has 0 fully saturated rings. The van der Waals surface area contributed by atoms with Gasteiger partial charge in [-0.2, -0.15) is 0 Å². The van der Waals surface area contributed by atoms with E-state index in [0.29, 0.717) is 13.0 Å². The van der Waals surface area contributed by atoms with Crippen LogP contribution in [0.5, 0.6) is 0 Å². The minimum Gasteiger partial charge on any atom is -0.463 e. The zero-order chi connectivity index (χ0) is 22.4. The van der Waals surface area contributed by atoms with Crippen LogP contribution < -0.4 is 5.32 Å². The summed E-state index contributed by atoms with van der Waals surface area (Å²) in [7, 11) is 0. The lowest BCUT2D eigenvalue weighted by atomic mass is 10.1. The van der Waals surface area contributed by atoms with E-state index < -0.39 is 6.10 Å². The molecule has 4 nitrogen and oxygen atoms in total. The van der Waals surface area contributed by atoms with E-state index in [1.807, 2.05) is 30.3 Å². The number of ether oxygens (including phenoxy) is 1. The maximum atomic E-state index is 11.8. The van der Waals surface area contributed by atoms with Gasteiger partial charge in [-0.05, 0) is 50.7 Å². The molecule has 0 saturated carbocycles. The predicted molar refractivity (Wildman–Crippen MR) is 131 cm³/mol. The van der Waals surface area contributed by atoms with Gasteiger partial charge >= 0.3 is 5.97 Å². The first-order valence-electron chi connectivity index (χ1n) is 11.8. The van der Waals surface area contributed by atoms with Gasteiger partial charge in [0.2, 0.25) is 0 Å². The minimum absolute atomic E-state index is 0.0373. The summed E-state index contributed by atoms with van der Waals surface area (Å²) in [5.74, 6) is -0.222. The molecule has 31 heavy (non-hydrogen) atoms. The molecule has 0 saturated heterocycles. The van der Waals surface area contributed by atoms with E-state index in [-0.39, 0.29) is 12.6 Å². The lowest BCUT2D eigenvalue weighted by Gasteiger charge is -2.13. The van der Waals surface area contributed by atoms with E-state index in [9.17, 15) is 9.90 Å². The number of aliphatic hydroxyl groups excluding tert-OH is 1. The van der Waals surface area contributed by atoms with Gasteiger partial charge in [0, 0.05) is 18.7 Å². The summed E-state index contributed by atoms with van der Waals surface area (Å²) in [4.78, 5) is 11.8. The first-order chi connectivity index (χ1) is 15.2. The van der Waals surface area contributed by atoms with Crippen LogP contribution in [0.15, 0.2) is 66.8 Å². The van der Waals surface area contributed by atoms with Crippen LogP contribution in [-0.4, -0.2) is 30.3 Å². The maximum Gasteiger partial charge on any atom is 0.305 e. The first kappa shape index (κ1) is 26.7. The van der Waals surface area contributed by atoms with Crippen molar-refractivity contribution in [2.75, 3.05) is 18.5 Å². The number of benzene rings is 1. The van der Waals surface area contributed by atoms with E-state index in [0.717, 1.165) is 50.6 Å². The smallest absolute Gasteiger partial charge is 0.305 e. The Labute approximate surface area is 189 Å². The summed E-state index contributed by atoms with van der Waals surface area (Å²) in [5.41, 5.74) is 0.940. The topological polar surface area (TPSA) is 58.6 Å². The Hall–Kier alpha value is -2.33. The number of esters is 1. The summed E-state index contributed by atoms with van der Waals surface area (Å²) in [6.45, 7) is 2.55. The van der Waals surface area contributed by atoms with Gasteiger partial charge in [0.15, 0.2) is 0 Å². The normalized spacial score (nSPS) is 12.7. The van der Waals surface area contributed by atoms with E-state index in [1.165, 1.54) is 12.8 Å². The molecule has 0 aliphatic rings. The summed E-state index contributed by atoms with van der Waals surface area (Å²) >= 11 is 0. The van der Waals surface area contributed by atoms with Crippen molar-refractivity contribution in [3.05, 3.63) is 66.8 Å². The Morgan fingerprint density at radius 3 is 2.32 bits per heavy atom. The SMILES string of the molecule is CC/C=C\C/C=C\C/C=C\CCCCCCCC(=O)OCC(O)CNc1ccccc1. The molecule has 0 radical (unpaired) electrons. The molecule has 172 valence electrons. The molecule has 0 amide bonds. The van der Waals surface area contributed by atoms with E-state index in [1.54, 1.807) is 0 Å². The number of hydrogen-bond acceptors (Lipinski definition) is 4. The third-order valence-electron chi connectivity index (χ3n) is 4.78. The van der Waals surface area contributed by atoms with Crippen LogP contribution >= 0.6 is 0 Å². The zero-order valence-electron chi connectivity index (χ0n) is 19.2. The van der Waals surface area contributed by atoms with Crippen LogP contribution in [0.2, 0.25) is 0 Å². The number of carbonyl (C=O) groups excluding carboxylic acids is 1. The Balaban J connectivity index is 1.89. The van der Waals surface area contributed by atoms with Crippen molar-refractivity contribution in [2.24, 2.45) is 0 Å². The highest BCUT2D eigenvalue weighted by atomic mass is 16.5. The van der Waals surface area contributed by atoms with Crippen LogP contribution in [0, 0.1) is 0 Å². The third-order valence-corrected chi connectivity index (χ3v) is 4.78. The molecular weight excluding hydrogens is 386 g/mol. The van der Waals surface area contributed by atoms with E-state index >= 15 is 0 Å². The fourth-order valence-corrected chi connectivity index (χ4v) is 3.00. The molecular formula is C27H41NO3. The van der Waals surface area contributed by atoms with Gasteiger partial charge in [-0.25, -0.2) is 0 Å². The molecule has 4 heteroatoms. The number of allylic oxidation sites excluding steroid dienone is 6. The number of para-hydroxylation sites is 1. The molecule has 0 aliphatic heterocycles. The molecule has 1 atom stereocenters. The highest BCUT2D eigenvalue weighted by Crippen LogP contribution is 2.09. The van der Waals surface area contributed by atoms with Gasteiger partial charge < -0.3 is 15.2 Å². The molecule has 0 bridgehead atoms. The number of anilines is 1. The minimum atomic E-state index is -0.703. The average molecular weight is 428 g/mol. The molecule has 0 aromatic heterocycles. The van der Waals surface area contributed by atoms with Crippen molar-refractivity contribution in [2.45, 2.75) is 77.2 Å². The second-order valence-electron chi connectivity index (χ2n) is 7.68. The van der Waals surface area contributed by atoms with Gasteiger partial charge in [-0.15, -0.1) is 0 Å². The second-order valence-corrected chi connectivity index (χ2v) is 7.68. The van der Waals surface area contributed by atoms with Crippen LogP contribution in [0.25, 0.3) is 0 Å². The molecule has 1 unspecified atom stereocenters. The van der Waals surface area contributed by atoms with Gasteiger partial charge in [0.1, 0.15) is 12.7 Å². The van der Waals surface area contributed by atoms with Crippen LogP contribution in [-0.2, 0) is 9.53 Å². The number of rotatable bonds is 18. The predicted octanol–water partition coefficient (Wildman–Crippen LogP) is 6.59. The molecule has 1 aromatic carbocycles. The van der Waals surface area contributed by atoms with Crippen LogP contribution in [0.4, 0.5) is 5.69 Å². The van der Waals surface area contributed by atoms with Crippen molar-refractivity contribution in [3.63, 3.8) is 0 Å². The zero-order valence-corrected chi connectivity index (χ0v) is 19.2. The molecule has 0 spiro atoms. The fourth-order valence-electron chi connectivity index (χ4n) is 3.00. The van der Waals surface area contributed by atoms with Crippen molar-refractivity contribution in [1.82, 2.24) is 0 Å². The number of hydrogen-bond donors (Lipinski definition) is 2. The van der Waals surface area contributed by atoms with Crippen molar-refractivity contribution < 1.29 is 14.6 Å². The van der Waals surface area contributed by atoms with Gasteiger partial charge in [0.05, 0.1) is 0 Å². The van der Waals surface area contributed by atoms with Gasteiger partial charge in [-0.1, -0.05) is 80.8 Å². The molecule has 2 N–H and O–H groups in total.